The molecule has 0 unspecified atom stereocenters. The van der Waals surface area contributed by atoms with Crippen molar-refractivity contribution in [3.05, 3.63) is 68.1 Å². The van der Waals surface area contributed by atoms with E-state index < -0.39 is 29.8 Å². The maximum atomic E-state index is 15.0. The molecule has 13 heteroatoms. The number of aliphatic carboxylic acids is 1. The Hall–Kier alpha value is -3.09. The number of aliphatic hydroxyl groups is 1. The molecule has 0 spiro atoms. The Balaban J connectivity index is 1.10. The van der Waals surface area contributed by atoms with E-state index in [0.29, 0.717) is 49.8 Å². The average Bonchev–Trinajstić information content (AvgIpc) is 3.56. The van der Waals surface area contributed by atoms with Crippen LogP contribution in [0.4, 0.5) is 4.39 Å². The molecule has 0 aliphatic heterocycles. The fourth-order valence-electron chi connectivity index (χ4n) is 6.79. The van der Waals surface area contributed by atoms with Crippen molar-refractivity contribution in [3.63, 3.8) is 0 Å². The van der Waals surface area contributed by atoms with E-state index >= 15 is 4.39 Å². The van der Waals surface area contributed by atoms with Crippen LogP contribution >= 0.6 is 34.5 Å². The second-order valence-electron chi connectivity index (χ2n) is 11.8. The van der Waals surface area contributed by atoms with Gasteiger partial charge in [-0.25, -0.2) is 9.37 Å². The van der Waals surface area contributed by atoms with Crippen molar-refractivity contribution in [3.8, 4) is 11.3 Å². The Morgan fingerprint density at radius 2 is 1.84 bits per heavy atom. The van der Waals surface area contributed by atoms with Crippen LogP contribution < -0.4 is 5.32 Å². The van der Waals surface area contributed by atoms with Crippen LogP contribution in [-0.4, -0.2) is 44.9 Å². The minimum absolute atomic E-state index is 0.00438. The molecule has 4 atom stereocenters. The van der Waals surface area contributed by atoms with Crippen LogP contribution in [0.2, 0.25) is 10.0 Å². The number of carbonyl (C=O) groups excluding carboxylic acids is 1. The van der Waals surface area contributed by atoms with Crippen LogP contribution in [0.1, 0.15) is 71.1 Å². The highest BCUT2D eigenvalue weighted by atomic mass is 35.5. The normalized spacial score (nSPS) is 24.6. The van der Waals surface area contributed by atoms with E-state index in [0.717, 1.165) is 54.4 Å². The number of carbonyl (C=O) groups is 2. The number of amides is 1. The van der Waals surface area contributed by atoms with Crippen LogP contribution in [0.5, 0.6) is 0 Å². The standard InChI is InChI=1S/C31H28Cl2FN3O6S/c32-20-2-1-3-21(33)25(20)26-19(28(43-37-26)14-4-5-14)13-42-18-10-16-6-7-17(11-18)31(16,41)30-36-27-22(34)8-15(9-23(27)44-30)29(40)35-12-24(38)39/h1-3,8-9,14,16-18,41H,4-7,10-13H2,(H,35,40)(H,38,39)/t16-,17+,18+,31-. The summed E-state index contributed by atoms with van der Waals surface area (Å²) in [6.45, 7) is -0.305. The molecule has 230 valence electrons. The zero-order valence-corrected chi connectivity index (χ0v) is 25.6. The van der Waals surface area contributed by atoms with E-state index in [9.17, 15) is 14.7 Å². The largest absolute Gasteiger partial charge is 0.480 e. The van der Waals surface area contributed by atoms with Gasteiger partial charge >= 0.3 is 5.97 Å². The SMILES string of the molecule is O=C(O)CNC(=O)c1cc(F)c2nc([C@@]3(O)[C@@H]4CC[C@H]3C[C@@H](OCc3c(-c5c(Cl)cccc5Cl)noc3C3CC3)C4)sc2c1. The minimum Gasteiger partial charge on any atom is -0.480 e. The van der Waals surface area contributed by atoms with Crippen molar-refractivity contribution >= 4 is 56.6 Å². The van der Waals surface area contributed by atoms with Gasteiger partial charge in [-0.05, 0) is 74.6 Å². The summed E-state index contributed by atoms with van der Waals surface area (Å²) in [5.74, 6) is -1.78. The van der Waals surface area contributed by atoms with E-state index in [2.05, 4.69) is 15.5 Å². The zero-order chi connectivity index (χ0) is 30.7. The summed E-state index contributed by atoms with van der Waals surface area (Å²) in [6.07, 6.45) is 4.68. The van der Waals surface area contributed by atoms with Crippen LogP contribution in [0.15, 0.2) is 34.9 Å². The van der Waals surface area contributed by atoms with E-state index in [1.165, 1.54) is 6.07 Å². The lowest BCUT2D eigenvalue weighted by Gasteiger charge is -2.41. The molecule has 3 aliphatic carbocycles. The van der Waals surface area contributed by atoms with Gasteiger partial charge in [0.1, 0.15) is 34.1 Å². The topological polar surface area (TPSA) is 135 Å². The molecule has 3 N–H and O–H groups in total. The Labute approximate surface area is 265 Å². The number of carboxylic acid groups (broad SMARTS) is 1. The third kappa shape index (κ3) is 5.18. The molecule has 0 saturated heterocycles. The Morgan fingerprint density at radius 3 is 2.50 bits per heavy atom. The molecule has 2 aromatic carbocycles. The molecular weight excluding hydrogens is 632 g/mol. The fourth-order valence-corrected chi connectivity index (χ4v) is 8.63. The first-order valence-electron chi connectivity index (χ1n) is 14.5. The monoisotopic (exact) mass is 659 g/mol. The zero-order valence-electron chi connectivity index (χ0n) is 23.3. The number of aromatic nitrogens is 2. The van der Waals surface area contributed by atoms with Crippen LogP contribution in [-0.2, 0) is 21.7 Å². The summed E-state index contributed by atoms with van der Waals surface area (Å²) in [4.78, 5) is 27.7. The number of hydrogen-bond acceptors (Lipinski definition) is 8. The number of ether oxygens (including phenoxy) is 1. The fraction of sp³-hybridized carbons (Fsp3) is 0.419. The first kappa shape index (κ1) is 29.6. The molecular formula is C31H28Cl2FN3O6S. The summed E-state index contributed by atoms with van der Waals surface area (Å²) in [6, 6.07) is 7.83. The van der Waals surface area contributed by atoms with Crippen molar-refractivity contribution in [2.45, 2.75) is 62.8 Å². The molecule has 4 aromatic rings. The lowest BCUT2D eigenvalue weighted by atomic mass is 9.73. The summed E-state index contributed by atoms with van der Waals surface area (Å²) < 4.78 is 27.7. The number of benzene rings is 2. The maximum Gasteiger partial charge on any atom is 0.322 e. The van der Waals surface area contributed by atoms with E-state index in [-0.39, 0.29) is 35.6 Å². The molecule has 1 amide bonds. The summed E-state index contributed by atoms with van der Waals surface area (Å²) >= 11 is 14.2. The number of hydrogen-bond donors (Lipinski definition) is 3. The van der Waals surface area contributed by atoms with Crippen molar-refractivity contribution in [1.82, 2.24) is 15.5 Å². The van der Waals surface area contributed by atoms with Crippen LogP contribution in [0.3, 0.4) is 0 Å². The number of nitrogens with one attached hydrogen (secondary N) is 1. The average molecular weight is 661 g/mol. The van der Waals surface area contributed by atoms with Crippen molar-refractivity contribution in [1.29, 1.82) is 0 Å². The minimum atomic E-state index is -1.24. The van der Waals surface area contributed by atoms with Gasteiger partial charge in [-0.15, -0.1) is 11.3 Å². The van der Waals surface area contributed by atoms with Gasteiger partial charge in [-0.1, -0.05) is 34.4 Å². The highest BCUT2D eigenvalue weighted by Gasteiger charge is 2.56. The molecule has 3 aliphatic rings. The molecule has 2 heterocycles. The first-order valence-corrected chi connectivity index (χ1v) is 16.1. The number of thiazole rings is 1. The second-order valence-corrected chi connectivity index (χ2v) is 13.7. The van der Waals surface area contributed by atoms with Gasteiger partial charge in [-0.2, -0.15) is 0 Å². The molecule has 0 radical (unpaired) electrons. The van der Waals surface area contributed by atoms with Crippen molar-refractivity contribution < 1.29 is 33.5 Å². The van der Waals surface area contributed by atoms with Gasteiger partial charge in [0.2, 0.25) is 0 Å². The van der Waals surface area contributed by atoms with Crippen molar-refractivity contribution in [2.24, 2.45) is 11.8 Å². The first-order chi connectivity index (χ1) is 21.1. The summed E-state index contributed by atoms with van der Waals surface area (Å²) in [7, 11) is 0. The van der Waals surface area contributed by atoms with Gasteiger partial charge in [0.25, 0.3) is 5.91 Å². The number of fused-ring (bicyclic) bond motifs is 3. The summed E-state index contributed by atoms with van der Waals surface area (Å²) in [5, 5.41) is 28.9. The molecule has 2 bridgehead atoms. The van der Waals surface area contributed by atoms with Gasteiger partial charge in [0, 0.05) is 22.6 Å². The van der Waals surface area contributed by atoms with Gasteiger partial charge < -0.3 is 24.8 Å². The van der Waals surface area contributed by atoms with Crippen LogP contribution in [0, 0.1) is 17.7 Å². The molecule has 3 saturated carbocycles. The summed E-state index contributed by atoms with van der Waals surface area (Å²) in [5.41, 5.74) is 0.889. The number of carboxylic acids is 1. The highest BCUT2D eigenvalue weighted by Crippen LogP contribution is 2.57. The van der Waals surface area contributed by atoms with Gasteiger partial charge in [-0.3, -0.25) is 9.59 Å². The Bertz CT molecular complexity index is 1760. The molecule has 2 aromatic heterocycles. The predicted octanol–water partition coefficient (Wildman–Crippen LogP) is 6.68. The van der Waals surface area contributed by atoms with Crippen LogP contribution in [0.25, 0.3) is 21.5 Å². The van der Waals surface area contributed by atoms with E-state index in [1.54, 1.807) is 18.2 Å². The number of rotatable bonds is 9. The Morgan fingerprint density at radius 1 is 1.14 bits per heavy atom. The third-order valence-electron chi connectivity index (χ3n) is 9.09. The second kappa shape index (κ2) is 11.4. The molecule has 44 heavy (non-hydrogen) atoms. The molecule has 7 rings (SSSR count). The lowest BCUT2D eigenvalue weighted by Crippen LogP contribution is -2.44. The third-order valence-corrected chi connectivity index (χ3v) is 10.9. The predicted molar refractivity (Wildman–Crippen MR) is 161 cm³/mol. The van der Waals surface area contributed by atoms with Gasteiger partial charge in [0.05, 0.1) is 27.5 Å². The molecule has 9 nitrogen and oxygen atoms in total. The smallest absolute Gasteiger partial charge is 0.322 e. The van der Waals surface area contributed by atoms with Gasteiger partial charge in [0.15, 0.2) is 5.82 Å². The molecule has 3 fully saturated rings. The lowest BCUT2D eigenvalue weighted by molar-refractivity contribution is -0.135. The maximum absolute atomic E-state index is 15.0. The van der Waals surface area contributed by atoms with Crippen molar-refractivity contribution in [2.75, 3.05) is 6.54 Å². The Kier molecular flexibility index (Phi) is 7.65. The quantitative estimate of drug-likeness (QED) is 0.181. The van der Waals surface area contributed by atoms with E-state index in [4.69, 9.17) is 37.6 Å². The van der Waals surface area contributed by atoms with E-state index in [1.807, 2.05) is 0 Å². The number of halogens is 3. The number of nitrogens with zero attached hydrogens (tertiary/aromatic N) is 2. The highest BCUT2D eigenvalue weighted by molar-refractivity contribution is 7.18.